The molecule has 4 fully saturated rings. The fourth-order valence-corrected chi connectivity index (χ4v) is 9.81. The summed E-state index contributed by atoms with van der Waals surface area (Å²) in [5.74, 6) is -3.34. The van der Waals surface area contributed by atoms with Crippen LogP contribution in [0.1, 0.15) is 55.9 Å². The highest BCUT2D eigenvalue weighted by Crippen LogP contribution is 2.29. The van der Waals surface area contributed by atoms with Crippen molar-refractivity contribution in [2.24, 2.45) is 0 Å². The van der Waals surface area contributed by atoms with Gasteiger partial charge in [-0.2, -0.15) is 0 Å². The molecule has 4 aromatic rings. The summed E-state index contributed by atoms with van der Waals surface area (Å²) in [6, 6.07) is 24.0. The molecular formula is C58H66N8O13. The van der Waals surface area contributed by atoms with Crippen molar-refractivity contribution in [2.45, 2.75) is 95.9 Å². The van der Waals surface area contributed by atoms with Crippen LogP contribution >= 0.6 is 0 Å². The van der Waals surface area contributed by atoms with Crippen molar-refractivity contribution in [3.05, 3.63) is 130 Å². The summed E-state index contributed by atoms with van der Waals surface area (Å²) in [6.07, 6.45) is -2.73. The second-order valence-corrected chi connectivity index (χ2v) is 19.3. The van der Waals surface area contributed by atoms with E-state index in [-0.39, 0.29) is 63.2 Å². The van der Waals surface area contributed by atoms with E-state index in [0.29, 0.717) is 73.1 Å². The van der Waals surface area contributed by atoms with E-state index < -0.39 is 54.0 Å². The number of hydrogen-bond acceptors (Lipinski definition) is 13. The monoisotopic (exact) mass is 1080 g/mol. The zero-order chi connectivity index (χ0) is 56.8. The molecule has 0 spiro atoms. The van der Waals surface area contributed by atoms with Gasteiger partial charge in [-0.25, -0.2) is 9.69 Å². The number of hydrogen-bond donors (Lipinski definition) is 3. The number of carbonyl (C=O) groups excluding carboxylic acids is 7. The Morgan fingerprint density at radius 3 is 1.54 bits per heavy atom. The number of aliphatic hydroxyl groups excluding tert-OH is 1. The molecule has 4 heterocycles. The van der Waals surface area contributed by atoms with E-state index in [1.807, 2.05) is 26.0 Å². The summed E-state index contributed by atoms with van der Waals surface area (Å²) in [4.78, 5) is 104. The first-order chi connectivity index (χ1) is 38.1. The Hall–Kier alpha value is -8.05. The van der Waals surface area contributed by atoms with Crippen LogP contribution in [-0.4, -0.2) is 160 Å². The summed E-state index contributed by atoms with van der Waals surface area (Å²) in [7, 11) is 3.28. The number of aryl methyl sites for hydroxylation is 2. The Labute approximate surface area is 459 Å². The number of likely N-dealkylation sites (tertiary alicyclic amines) is 2. The number of morpholine rings is 2. The van der Waals surface area contributed by atoms with Crippen molar-refractivity contribution in [1.82, 2.24) is 9.80 Å². The van der Waals surface area contributed by atoms with Gasteiger partial charge < -0.3 is 59.0 Å². The van der Waals surface area contributed by atoms with Gasteiger partial charge in [-0.05, 0) is 96.5 Å². The predicted octanol–water partition coefficient (Wildman–Crippen LogP) is 5.21. The van der Waals surface area contributed by atoms with E-state index in [1.165, 1.54) is 9.80 Å². The lowest BCUT2D eigenvalue weighted by Crippen LogP contribution is -2.56. The van der Waals surface area contributed by atoms with Gasteiger partial charge in [0.2, 0.25) is 17.9 Å². The van der Waals surface area contributed by atoms with Gasteiger partial charge in [0.1, 0.15) is 0 Å². The Balaban J connectivity index is 0.000000229. The molecule has 0 unspecified atom stereocenters. The summed E-state index contributed by atoms with van der Waals surface area (Å²) in [5, 5.41) is 16.0. The lowest BCUT2D eigenvalue weighted by Gasteiger charge is -2.35. The van der Waals surface area contributed by atoms with E-state index >= 15 is 0 Å². The van der Waals surface area contributed by atoms with E-state index in [2.05, 4.69) is 20.3 Å². The maximum absolute atomic E-state index is 13.6. The molecule has 79 heavy (non-hydrogen) atoms. The molecule has 416 valence electrons. The molecule has 6 amide bonds. The second kappa shape index (κ2) is 27.5. The van der Waals surface area contributed by atoms with Gasteiger partial charge in [0, 0.05) is 83.2 Å². The number of aliphatic hydroxyl groups is 1. The Kier molecular flexibility index (Phi) is 20.4. The maximum atomic E-state index is 13.6. The molecule has 8 rings (SSSR count). The predicted molar refractivity (Wildman–Crippen MR) is 291 cm³/mol. The number of ether oxygens (including phenoxy) is 5. The Morgan fingerprint density at radius 1 is 0.658 bits per heavy atom. The first-order valence-electron chi connectivity index (χ1n) is 26.2. The molecule has 0 radical (unpaired) electrons. The first-order valence-corrected chi connectivity index (χ1v) is 26.2. The molecule has 6 atom stereocenters. The SMILES string of the molecule is [C-]#[N+]c1ccc(NC(=O)[C@H](O)[C@H]2OCCN(c3cccc(CC(=O)N4CC[C@@H](OC)C4)c3)C2=O)cc1CC.[C-]#[N+]c1ccc(NC(=O)[C@H](OC(C)=O)[C@H]2OCCN(c3cccc(CC(=O)N4CC[C@@H](OC)C4)c3)C2=O)cc1CC. The van der Waals surface area contributed by atoms with Crippen LogP contribution in [0.3, 0.4) is 0 Å². The van der Waals surface area contributed by atoms with Gasteiger partial charge in [0.15, 0.2) is 29.7 Å². The van der Waals surface area contributed by atoms with Crippen molar-refractivity contribution in [3.63, 3.8) is 0 Å². The number of amides is 6. The number of anilines is 4. The van der Waals surface area contributed by atoms with Crippen LogP contribution in [0.25, 0.3) is 9.69 Å². The molecule has 4 saturated heterocycles. The fraction of sp³-hybridized carbons (Fsp3) is 0.431. The third-order valence-corrected chi connectivity index (χ3v) is 14.1. The largest absolute Gasteiger partial charge is 0.449 e. The number of esters is 1. The molecular weight excluding hydrogens is 1020 g/mol. The number of methoxy groups -OCH3 is 2. The summed E-state index contributed by atoms with van der Waals surface area (Å²) in [5.41, 5.74) is 5.95. The molecule has 4 aliphatic rings. The lowest BCUT2D eigenvalue weighted by molar-refractivity contribution is -0.167. The van der Waals surface area contributed by atoms with Crippen LogP contribution in [0.4, 0.5) is 34.1 Å². The van der Waals surface area contributed by atoms with E-state index in [0.717, 1.165) is 42.0 Å². The van der Waals surface area contributed by atoms with Gasteiger partial charge in [0.25, 0.3) is 23.6 Å². The van der Waals surface area contributed by atoms with Gasteiger partial charge >= 0.3 is 5.97 Å². The quantitative estimate of drug-likeness (QED) is 0.0912. The van der Waals surface area contributed by atoms with Gasteiger partial charge in [-0.1, -0.05) is 50.2 Å². The topological polar surface area (TPSA) is 232 Å². The summed E-state index contributed by atoms with van der Waals surface area (Å²) in [6.45, 7) is 22.6. The Morgan fingerprint density at radius 2 is 1.11 bits per heavy atom. The normalized spacial score (nSPS) is 19.8. The van der Waals surface area contributed by atoms with Crippen LogP contribution in [0.15, 0.2) is 84.9 Å². The highest BCUT2D eigenvalue weighted by molar-refractivity contribution is 6.05. The maximum Gasteiger partial charge on any atom is 0.303 e. The van der Waals surface area contributed by atoms with Crippen molar-refractivity contribution in [3.8, 4) is 0 Å². The molecule has 4 aromatic carbocycles. The first kappa shape index (κ1) is 58.6. The van der Waals surface area contributed by atoms with Crippen LogP contribution in [0.2, 0.25) is 0 Å². The molecule has 0 aromatic heterocycles. The third-order valence-electron chi connectivity index (χ3n) is 14.1. The van der Waals surface area contributed by atoms with Gasteiger partial charge in [-0.15, -0.1) is 0 Å². The highest BCUT2D eigenvalue weighted by atomic mass is 16.6. The van der Waals surface area contributed by atoms with Crippen LogP contribution < -0.4 is 20.4 Å². The summed E-state index contributed by atoms with van der Waals surface area (Å²) >= 11 is 0. The van der Waals surface area contributed by atoms with E-state index in [4.69, 9.17) is 36.8 Å². The molecule has 0 bridgehead atoms. The minimum Gasteiger partial charge on any atom is -0.449 e. The van der Waals surface area contributed by atoms with Gasteiger partial charge in [-0.3, -0.25) is 33.6 Å². The molecule has 21 heteroatoms. The molecule has 0 aliphatic carbocycles. The minimum atomic E-state index is -1.73. The fourth-order valence-electron chi connectivity index (χ4n) is 9.81. The minimum absolute atomic E-state index is 0.00404. The van der Waals surface area contributed by atoms with E-state index in [1.54, 1.807) is 96.8 Å². The molecule has 3 N–H and O–H groups in total. The van der Waals surface area contributed by atoms with Crippen molar-refractivity contribution in [1.29, 1.82) is 0 Å². The van der Waals surface area contributed by atoms with Crippen molar-refractivity contribution < 1.29 is 62.4 Å². The van der Waals surface area contributed by atoms with Crippen LogP contribution in [-0.2, 0) is 82.9 Å². The number of rotatable bonds is 17. The average molecular weight is 1080 g/mol. The molecule has 4 aliphatic heterocycles. The third kappa shape index (κ3) is 14.8. The van der Waals surface area contributed by atoms with Gasteiger partial charge in [0.05, 0.1) is 51.4 Å². The zero-order valence-corrected chi connectivity index (χ0v) is 45.0. The molecule has 21 nitrogen and oxygen atoms in total. The molecule has 0 saturated carbocycles. The lowest BCUT2D eigenvalue weighted by atomic mass is 10.1. The number of nitrogens with zero attached hydrogens (tertiary/aromatic N) is 6. The number of benzene rings is 4. The summed E-state index contributed by atoms with van der Waals surface area (Å²) < 4.78 is 27.2. The average Bonchev–Trinajstić information content (AvgIpc) is 4.22. The van der Waals surface area contributed by atoms with Crippen LogP contribution in [0.5, 0.6) is 0 Å². The number of nitrogens with one attached hydrogen (secondary N) is 2. The number of carbonyl (C=O) groups is 7. The highest BCUT2D eigenvalue weighted by Gasteiger charge is 2.43. The van der Waals surface area contributed by atoms with Crippen molar-refractivity contribution in [2.75, 3.05) is 87.1 Å². The second-order valence-electron chi connectivity index (χ2n) is 19.3. The standard InChI is InChI=1S/C30H34N4O7.C28H32N4O6/c1-5-21-17-22(9-10-25(21)31-3)32-29(37)27(41-19(2)35)28-30(38)34(13-14-40-28)23-8-6-7-20(15-23)16-26(36)33-12-11-24(18-33)39-4;1-4-19-16-20(8-9-23(19)29-2)30-27(35)25(34)26-28(36)32(12-13-38-26)21-7-5-6-18(14-21)15-24(33)31-11-10-22(17-31)37-3/h6-10,15,17,24,27-28H,5,11-14,16,18H2,1-2,4H3,(H,32,37);5-9,14,16,22,25-26,34H,4,10-13,15,17H2,1,3H3,(H,30,35)/t24-,27-,28-;22-,25-,26-/m11/s1. The zero-order valence-electron chi connectivity index (χ0n) is 45.0. The van der Waals surface area contributed by atoms with E-state index in [9.17, 15) is 38.7 Å². The Bertz CT molecular complexity index is 2990. The van der Waals surface area contributed by atoms with Crippen LogP contribution in [0, 0.1) is 13.1 Å². The van der Waals surface area contributed by atoms with Crippen molar-refractivity contribution >= 4 is 75.5 Å². The smallest absolute Gasteiger partial charge is 0.303 e.